The molecule has 4 aliphatic carbocycles. The first-order valence-corrected chi connectivity index (χ1v) is 22.8. The number of hydrogen-bond donors (Lipinski definition) is 0. The van der Waals surface area contributed by atoms with Crippen LogP contribution < -0.4 is 4.90 Å². The van der Waals surface area contributed by atoms with E-state index in [1.807, 2.05) is 0 Å². The van der Waals surface area contributed by atoms with E-state index >= 15 is 0 Å². The van der Waals surface area contributed by atoms with Gasteiger partial charge >= 0.3 is 0 Å². The Labute approximate surface area is 381 Å². The molecule has 0 bridgehead atoms. The van der Waals surface area contributed by atoms with Crippen molar-refractivity contribution < 1.29 is 0 Å². The molecule has 0 aliphatic heterocycles. The molecule has 1 unspecified atom stereocenters. The molecule has 9 aromatic carbocycles. The lowest BCUT2D eigenvalue weighted by Crippen LogP contribution is -2.27. The van der Waals surface area contributed by atoms with Crippen LogP contribution >= 0.6 is 0 Å². The van der Waals surface area contributed by atoms with E-state index in [9.17, 15) is 0 Å². The van der Waals surface area contributed by atoms with E-state index in [1.54, 1.807) is 0 Å². The van der Waals surface area contributed by atoms with Gasteiger partial charge in [0.25, 0.3) is 0 Å². The second-order valence-corrected chi connectivity index (χ2v) is 17.9. The molecule has 2 spiro atoms. The van der Waals surface area contributed by atoms with Gasteiger partial charge in [0.2, 0.25) is 0 Å². The average Bonchev–Trinajstić information content (AvgIpc) is 4.03. The van der Waals surface area contributed by atoms with Gasteiger partial charge in [-0.25, -0.2) is 0 Å². The number of rotatable bonds is 5. The van der Waals surface area contributed by atoms with Crippen molar-refractivity contribution in [2.45, 2.75) is 24.7 Å². The van der Waals surface area contributed by atoms with E-state index in [1.165, 1.54) is 100 Å². The van der Waals surface area contributed by atoms with E-state index in [0.29, 0.717) is 0 Å². The molecule has 306 valence electrons. The Morgan fingerprint density at radius 3 is 1.63 bits per heavy atom. The highest BCUT2D eigenvalue weighted by Gasteiger charge is 2.55. The summed E-state index contributed by atoms with van der Waals surface area (Å²) in [5, 5.41) is 0. The number of aryl methyl sites for hydroxylation is 1. The standard InChI is InChI=1S/C64H45N/c1-4-5-22-47-42(3)63(54-28-13-11-25-50(54)52-27-17-19-41(2)62(52)63)59-40-46(38-39-51(47)59)65(45-36-34-44(35-37-45)43-20-7-6-8-21-43)60-33-18-32-58-61(60)53-26-12-16-31-57(53)64(58)55-29-14-9-23-48(55)49-24-10-15-30-56(49)64/h4-40H,3H2,1-2H3/b5-4-,47-22+. The van der Waals surface area contributed by atoms with Crippen molar-refractivity contribution >= 4 is 22.6 Å². The molecule has 13 rings (SSSR count). The van der Waals surface area contributed by atoms with Crippen molar-refractivity contribution in [2.75, 3.05) is 4.90 Å². The van der Waals surface area contributed by atoms with Crippen molar-refractivity contribution in [3.8, 4) is 44.5 Å². The van der Waals surface area contributed by atoms with E-state index in [2.05, 4.69) is 243 Å². The van der Waals surface area contributed by atoms with Crippen molar-refractivity contribution in [1.82, 2.24) is 0 Å². The van der Waals surface area contributed by atoms with Crippen LogP contribution in [0.2, 0.25) is 0 Å². The minimum atomic E-state index is -0.564. The minimum absolute atomic E-state index is 0.459. The van der Waals surface area contributed by atoms with Crippen LogP contribution in [0.15, 0.2) is 237 Å². The highest BCUT2D eigenvalue weighted by atomic mass is 15.1. The molecular weight excluding hydrogens is 783 g/mol. The van der Waals surface area contributed by atoms with Gasteiger partial charge in [-0.3, -0.25) is 0 Å². The monoisotopic (exact) mass is 827 g/mol. The summed E-state index contributed by atoms with van der Waals surface area (Å²) >= 11 is 0. The molecule has 1 atom stereocenters. The van der Waals surface area contributed by atoms with Crippen LogP contribution in [0.25, 0.3) is 50.1 Å². The van der Waals surface area contributed by atoms with E-state index in [-0.39, 0.29) is 0 Å². The van der Waals surface area contributed by atoms with Gasteiger partial charge in [0.15, 0.2) is 0 Å². The number of hydrogen-bond acceptors (Lipinski definition) is 1. The quantitative estimate of drug-likeness (QED) is 0.167. The van der Waals surface area contributed by atoms with Crippen LogP contribution in [0.5, 0.6) is 0 Å². The van der Waals surface area contributed by atoms with Crippen LogP contribution in [0.1, 0.15) is 57.0 Å². The molecular formula is C64H45N. The first-order chi connectivity index (χ1) is 32.1. The van der Waals surface area contributed by atoms with Crippen molar-refractivity contribution in [1.29, 1.82) is 0 Å². The summed E-state index contributed by atoms with van der Waals surface area (Å²) in [5.74, 6) is 0. The van der Waals surface area contributed by atoms with Gasteiger partial charge in [-0.1, -0.05) is 201 Å². The van der Waals surface area contributed by atoms with Crippen molar-refractivity contribution in [2.24, 2.45) is 0 Å². The number of anilines is 3. The molecule has 0 fully saturated rings. The second-order valence-electron chi connectivity index (χ2n) is 17.9. The number of nitrogens with zero attached hydrogens (tertiary/aromatic N) is 1. The van der Waals surface area contributed by atoms with Gasteiger partial charge in [-0.2, -0.15) is 0 Å². The summed E-state index contributed by atoms with van der Waals surface area (Å²) < 4.78 is 0. The van der Waals surface area contributed by atoms with Gasteiger partial charge in [0.1, 0.15) is 0 Å². The van der Waals surface area contributed by atoms with E-state index in [4.69, 9.17) is 6.58 Å². The lowest BCUT2D eigenvalue weighted by molar-refractivity contribution is 0.790. The third kappa shape index (κ3) is 4.88. The molecule has 0 saturated carbocycles. The minimum Gasteiger partial charge on any atom is -0.310 e. The SMILES string of the molecule is C=C1/C(=C\C=C/C)c2ccc(N(c3ccc(-c4ccccc4)cc3)c3cccc4c3-c3ccccc3C43c4ccccc4-c4ccccc43)cc2C12c1ccccc1-c1cccc(C)c12. The number of fused-ring (bicyclic) bond motifs is 17. The van der Waals surface area contributed by atoms with Crippen molar-refractivity contribution in [3.05, 3.63) is 287 Å². The Morgan fingerprint density at radius 1 is 0.431 bits per heavy atom. The number of allylic oxidation sites excluding steroid dienone is 5. The summed E-state index contributed by atoms with van der Waals surface area (Å²) in [6.07, 6.45) is 6.55. The second kappa shape index (κ2) is 14.0. The summed E-state index contributed by atoms with van der Waals surface area (Å²) in [7, 11) is 0. The molecule has 0 heterocycles. The van der Waals surface area contributed by atoms with Crippen molar-refractivity contribution in [3.63, 3.8) is 0 Å². The zero-order valence-electron chi connectivity index (χ0n) is 36.5. The molecule has 0 radical (unpaired) electrons. The lowest BCUT2D eigenvalue weighted by atomic mass is 9.69. The Morgan fingerprint density at radius 2 is 0.954 bits per heavy atom. The lowest BCUT2D eigenvalue weighted by Gasteiger charge is -2.34. The topological polar surface area (TPSA) is 3.24 Å². The molecule has 0 amide bonds. The molecule has 4 aliphatic rings. The first-order valence-electron chi connectivity index (χ1n) is 22.8. The summed E-state index contributed by atoms with van der Waals surface area (Å²) in [5.41, 5.74) is 26.5. The van der Waals surface area contributed by atoms with Crippen LogP contribution in [-0.4, -0.2) is 0 Å². The molecule has 0 saturated heterocycles. The molecule has 1 heteroatoms. The average molecular weight is 828 g/mol. The van der Waals surface area contributed by atoms with Gasteiger partial charge in [-0.15, -0.1) is 0 Å². The summed E-state index contributed by atoms with van der Waals surface area (Å²) in [4.78, 5) is 2.53. The Balaban J connectivity index is 1.11. The van der Waals surface area contributed by atoms with Gasteiger partial charge in [0.05, 0.1) is 16.5 Å². The third-order valence-electron chi connectivity index (χ3n) is 14.9. The third-order valence-corrected chi connectivity index (χ3v) is 14.9. The maximum absolute atomic E-state index is 5.04. The highest BCUT2D eigenvalue weighted by Crippen LogP contribution is 2.67. The van der Waals surface area contributed by atoms with Gasteiger partial charge < -0.3 is 4.90 Å². The molecule has 9 aromatic rings. The molecule has 0 N–H and O–H groups in total. The zero-order chi connectivity index (χ0) is 43.4. The fourth-order valence-corrected chi connectivity index (χ4v) is 12.5. The Bertz CT molecular complexity index is 3480. The van der Waals surface area contributed by atoms with Gasteiger partial charge in [-0.05, 0) is 144 Å². The highest BCUT2D eigenvalue weighted by molar-refractivity contribution is 6.04. The summed E-state index contributed by atoms with van der Waals surface area (Å²) in [6.45, 7) is 9.40. The van der Waals surface area contributed by atoms with E-state index < -0.39 is 10.8 Å². The predicted octanol–water partition coefficient (Wildman–Crippen LogP) is 16.3. The normalized spacial score (nSPS) is 17.0. The largest absolute Gasteiger partial charge is 0.310 e. The smallest absolute Gasteiger partial charge is 0.0726 e. The maximum atomic E-state index is 5.04. The van der Waals surface area contributed by atoms with Crippen LogP contribution in [-0.2, 0) is 10.8 Å². The molecule has 65 heavy (non-hydrogen) atoms. The zero-order valence-corrected chi connectivity index (χ0v) is 36.5. The molecule has 1 nitrogen and oxygen atoms in total. The Kier molecular flexibility index (Phi) is 8.09. The fraction of sp³-hybridized carbons (Fsp3) is 0.0625. The summed E-state index contributed by atoms with van der Waals surface area (Å²) in [6, 6.07) is 77.2. The maximum Gasteiger partial charge on any atom is 0.0726 e. The molecule has 0 aromatic heterocycles. The van der Waals surface area contributed by atoms with Crippen LogP contribution in [0.3, 0.4) is 0 Å². The Hall–Kier alpha value is -8.00. The van der Waals surface area contributed by atoms with Crippen LogP contribution in [0.4, 0.5) is 17.1 Å². The fourth-order valence-electron chi connectivity index (χ4n) is 12.5. The van der Waals surface area contributed by atoms with Gasteiger partial charge in [0, 0.05) is 16.9 Å². The predicted molar refractivity (Wildman–Crippen MR) is 271 cm³/mol. The van der Waals surface area contributed by atoms with Crippen LogP contribution in [0, 0.1) is 6.92 Å². The number of benzene rings is 9. The first kappa shape index (κ1) is 37.5. The van der Waals surface area contributed by atoms with E-state index in [0.717, 1.165) is 22.6 Å².